The normalized spacial score (nSPS) is 17.3. The first kappa shape index (κ1) is 21.9. The smallest absolute Gasteiger partial charge is 0.217 e. The first-order valence-corrected chi connectivity index (χ1v) is 10.2. The standard InChI is InChI=1S/C21H34N4O3/c1-4-27-18-9-8-16(13-19(18)28-5-2)10-11-24-21(23-3)25-12-6-7-17(15-25)14-20(22)26/h8-9,13,17H,4-7,10-12,14-15H2,1-3H3,(H2,22,26)(H,23,24). The van der Waals surface area contributed by atoms with E-state index >= 15 is 0 Å². The molecule has 1 heterocycles. The average molecular weight is 391 g/mol. The summed E-state index contributed by atoms with van der Waals surface area (Å²) >= 11 is 0. The van der Waals surface area contributed by atoms with Gasteiger partial charge in [0.15, 0.2) is 17.5 Å². The Balaban J connectivity index is 1.90. The van der Waals surface area contributed by atoms with Crippen LogP contribution in [0.5, 0.6) is 11.5 Å². The number of nitrogens with zero attached hydrogens (tertiary/aromatic N) is 2. The van der Waals surface area contributed by atoms with Crippen LogP contribution in [0, 0.1) is 5.92 Å². The fraction of sp³-hybridized carbons (Fsp3) is 0.619. The van der Waals surface area contributed by atoms with E-state index in [1.807, 2.05) is 26.0 Å². The number of nitrogens with two attached hydrogens (primary N) is 1. The topological polar surface area (TPSA) is 89.2 Å². The molecule has 28 heavy (non-hydrogen) atoms. The summed E-state index contributed by atoms with van der Waals surface area (Å²) in [6, 6.07) is 6.09. The zero-order valence-electron chi connectivity index (χ0n) is 17.4. The predicted molar refractivity (Wildman–Crippen MR) is 112 cm³/mol. The Kier molecular flexibility index (Phi) is 8.91. The number of piperidine rings is 1. The highest BCUT2D eigenvalue weighted by Gasteiger charge is 2.23. The van der Waals surface area contributed by atoms with Crippen LogP contribution in [0.3, 0.4) is 0 Å². The number of guanidine groups is 1. The molecule has 0 bridgehead atoms. The first-order valence-electron chi connectivity index (χ1n) is 10.2. The Hall–Kier alpha value is -2.44. The number of carbonyl (C=O) groups is 1. The Morgan fingerprint density at radius 2 is 2.04 bits per heavy atom. The molecule has 0 radical (unpaired) electrons. The van der Waals surface area contributed by atoms with E-state index in [2.05, 4.69) is 21.3 Å². The molecule has 0 saturated carbocycles. The monoisotopic (exact) mass is 390 g/mol. The van der Waals surface area contributed by atoms with Crippen molar-refractivity contribution in [2.75, 3.05) is 39.9 Å². The summed E-state index contributed by atoms with van der Waals surface area (Å²) in [6.45, 7) is 7.70. The van der Waals surface area contributed by atoms with Crippen molar-refractivity contribution in [3.63, 3.8) is 0 Å². The number of primary amides is 1. The Labute approximate surface area is 168 Å². The SMILES string of the molecule is CCOc1ccc(CCNC(=NC)N2CCCC(CC(N)=O)C2)cc1OCC. The van der Waals surface area contributed by atoms with E-state index in [1.54, 1.807) is 7.05 Å². The predicted octanol–water partition coefficient (Wildman–Crippen LogP) is 2.19. The number of rotatable bonds is 9. The molecule has 156 valence electrons. The van der Waals surface area contributed by atoms with Crippen molar-refractivity contribution in [2.24, 2.45) is 16.6 Å². The second-order valence-corrected chi connectivity index (χ2v) is 7.00. The van der Waals surface area contributed by atoms with Crippen molar-refractivity contribution >= 4 is 11.9 Å². The molecule has 1 aromatic rings. The van der Waals surface area contributed by atoms with Gasteiger partial charge >= 0.3 is 0 Å². The fourth-order valence-corrected chi connectivity index (χ4v) is 3.61. The molecule has 1 saturated heterocycles. The van der Waals surface area contributed by atoms with Gasteiger partial charge in [0.2, 0.25) is 5.91 Å². The minimum absolute atomic E-state index is 0.226. The molecular weight excluding hydrogens is 356 g/mol. The van der Waals surface area contributed by atoms with Crippen molar-refractivity contribution in [1.82, 2.24) is 10.2 Å². The van der Waals surface area contributed by atoms with E-state index in [0.29, 0.717) is 25.6 Å². The minimum Gasteiger partial charge on any atom is -0.490 e. The molecule has 0 aliphatic carbocycles. The van der Waals surface area contributed by atoms with Gasteiger partial charge in [-0.3, -0.25) is 9.79 Å². The number of amides is 1. The van der Waals surface area contributed by atoms with Crippen LogP contribution in [0.25, 0.3) is 0 Å². The van der Waals surface area contributed by atoms with Gasteiger partial charge in [0.1, 0.15) is 0 Å². The second kappa shape index (κ2) is 11.4. The summed E-state index contributed by atoms with van der Waals surface area (Å²) in [4.78, 5) is 17.9. The second-order valence-electron chi connectivity index (χ2n) is 7.00. The first-order chi connectivity index (χ1) is 13.6. The summed E-state index contributed by atoms with van der Waals surface area (Å²) in [5, 5.41) is 3.44. The maximum absolute atomic E-state index is 11.2. The molecule has 7 heteroatoms. The van der Waals surface area contributed by atoms with E-state index in [-0.39, 0.29) is 5.91 Å². The number of ether oxygens (including phenoxy) is 2. The van der Waals surface area contributed by atoms with Crippen LogP contribution in [0.15, 0.2) is 23.2 Å². The van der Waals surface area contributed by atoms with E-state index in [9.17, 15) is 4.79 Å². The van der Waals surface area contributed by atoms with Crippen LogP contribution >= 0.6 is 0 Å². The van der Waals surface area contributed by atoms with Crippen molar-refractivity contribution < 1.29 is 14.3 Å². The third-order valence-electron chi connectivity index (χ3n) is 4.82. The highest BCUT2D eigenvalue weighted by molar-refractivity contribution is 5.80. The summed E-state index contributed by atoms with van der Waals surface area (Å²) in [6.07, 6.45) is 3.39. The van der Waals surface area contributed by atoms with Crippen molar-refractivity contribution in [3.8, 4) is 11.5 Å². The highest BCUT2D eigenvalue weighted by atomic mass is 16.5. The molecular formula is C21H34N4O3. The zero-order chi connectivity index (χ0) is 20.4. The summed E-state index contributed by atoms with van der Waals surface area (Å²) < 4.78 is 11.3. The van der Waals surface area contributed by atoms with Crippen LogP contribution < -0.4 is 20.5 Å². The molecule has 1 amide bonds. The van der Waals surface area contributed by atoms with Crippen LogP contribution in [-0.2, 0) is 11.2 Å². The molecule has 3 N–H and O–H groups in total. The summed E-state index contributed by atoms with van der Waals surface area (Å²) in [5.41, 5.74) is 6.54. The number of nitrogens with one attached hydrogen (secondary N) is 1. The number of carbonyl (C=O) groups excluding carboxylic acids is 1. The number of aliphatic imine (C=N–C) groups is 1. The van der Waals surface area contributed by atoms with Crippen LogP contribution in [-0.4, -0.2) is 56.7 Å². The van der Waals surface area contributed by atoms with Gasteiger partial charge in [-0.15, -0.1) is 0 Å². The number of hydrogen-bond donors (Lipinski definition) is 2. The van der Waals surface area contributed by atoms with Crippen molar-refractivity contribution in [3.05, 3.63) is 23.8 Å². The molecule has 1 aliphatic rings. The lowest BCUT2D eigenvalue weighted by molar-refractivity contribution is -0.119. The minimum atomic E-state index is -0.226. The van der Waals surface area contributed by atoms with E-state index in [1.165, 1.54) is 5.56 Å². The summed E-state index contributed by atoms with van der Waals surface area (Å²) in [5.74, 6) is 2.53. The molecule has 1 aliphatic heterocycles. The average Bonchev–Trinajstić information content (AvgIpc) is 2.67. The Morgan fingerprint density at radius 3 is 2.71 bits per heavy atom. The van der Waals surface area contributed by atoms with Gasteiger partial charge in [0, 0.05) is 33.1 Å². The van der Waals surface area contributed by atoms with Crippen LogP contribution in [0.2, 0.25) is 0 Å². The molecule has 1 atom stereocenters. The van der Waals surface area contributed by atoms with Gasteiger partial charge in [0.05, 0.1) is 13.2 Å². The largest absolute Gasteiger partial charge is 0.490 e. The lowest BCUT2D eigenvalue weighted by atomic mass is 9.95. The molecule has 1 aromatic carbocycles. The van der Waals surface area contributed by atoms with Gasteiger partial charge < -0.3 is 25.4 Å². The van der Waals surface area contributed by atoms with Crippen LogP contribution in [0.1, 0.15) is 38.7 Å². The molecule has 7 nitrogen and oxygen atoms in total. The third-order valence-corrected chi connectivity index (χ3v) is 4.82. The maximum Gasteiger partial charge on any atom is 0.217 e. The van der Waals surface area contributed by atoms with Gasteiger partial charge in [0.25, 0.3) is 0 Å². The lowest BCUT2D eigenvalue weighted by Gasteiger charge is -2.34. The molecule has 1 fully saturated rings. The van der Waals surface area contributed by atoms with Crippen molar-refractivity contribution in [2.45, 2.75) is 39.5 Å². The van der Waals surface area contributed by atoms with Gasteiger partial charge in [-0.2, -0.15) is 0 Å². The summed E-state index contributed by atoms with van der Waals surface area (Å²) in [7, 11) is 1.80. The van der Waals surface area contributed by atoms with Crippen LogP contribution in [0.4, 0.5) is 0 Å². The fourth-order valence-electron chi connectivity index (χ4n) is 3.61. The van der Waals surface area contributed by atoms with Gasteiger partial charge in [-0.25, -0.2) is 0 Å². The quantitative estimate of drug-likeness (QED) is 0.498. The molecule has 0 aromatic heterocycles. The molecule has 2 rings (SSSR count). The lowest BCUT2D eigenvalue weighted by Crippen LogP contribution is -2.47. The number of benzene rings is 1. The molecule has 0 spiro atoms. The van der Waals surface area contributed by atoms with Crippen molar-refractivity contribution in [1.29, 1.82) is 0 Å². The van der Waals surface area contributed by atoms with E-state index in [4.69, 9.17) is 15.2 Å². The number of hydrogen-bond acceptors (Lipinski definition) is 4. The van der Waals surface area contributed by atoms with Gasteiger partial charge in [-0.1, -0.05) is 6.07 Å². The Bertz CT molecular complexity index is 663. The maximum atomic E-state index is 11.2. The highest BCUT2D eigenvalue weighted by Crippen LogP contribution is 2.28. The van der Waals surface area contributed by atoms with E-state index in [0.717, 1.165) is 56.4 Å². The number of likely N-dealkylation sites (tertiary alicyclic amines) is 1. The Morgan fingerprint density at radius 1 is 1.29 bits per heavy atom. The third kappa shape index (κ3) is 6.62. The zero-order valence-corrected chi connectivity index (χ0v) is 17.4. The van der Waals surface area contributed by atoms with E-state index < -0.39 is 0 Å². The molecule has 1 unspecified atom stereocenters. The van der Waals surface area contributed by atoms with Gasteiger partial charge in [-0.05, 0) is 56.7 Å².